The summed E-state index contributed by atoms with van der Waals surface area (Å²) in [5.74, 6) is 0.937. The smallest absolute Gasteiger partial charge is 0.410 e. The average molecular weight is 515 g/mol. The Morgan fingerprint density at radius 2 is 1.53 bits per heavy atom. The van der Waals surface area contributed by atoms with Crippen molar-refractivity contribution < 1.29 is 14.3 Å². The second-order valence-electron chi connectivity index (χ2n) is 11.1. The van der Waals surface area contributed by atoms with Gasteiger partial charge in [0, 0.05) is 25.7 Å². The highest BCUT2D eigenvalue weighted by atomic mass is 16.6. The molecule has 0 saturated heterocycles. The van der Waals surface area contributed by atoms with Crippen LogP contribution in [0.1, 0.15) is 56.4 Å². The number of amides is 1. The zero-order valence-corrected chi connectivity index (χ0v) is 23.4. The lowest BCUT2D eigenvalue weighted by Crippen LogP contribution is -2.39. The number of hydrogen-bond donors (Lipinski definition) is 0. The van der Waals surface area contributed by atoms with Crippen molar-refractivity contribution in [2.24, 2.45) is 0 Å². The normalized spacial score (nSPS) is 15.1. The number of hydrogen-bond acceptors (Lipinski definition) is 4. The van der Waals surface area contributed by atoms with Crippen molar-refractivity contribution in [2.45, 2.75) is 71.7 Å². The second-order valence-corrected chi connectivity index (χ2v) is 11.1. The molecule has 0 spiro atoms. The van der Waals surface area contributed by atoms with Crippen LogP contribution in [0.5, 0.6) is 5.75 Å². The van der Waals surface area contributed by atoms with Crippen LogP contribution in [0.25, 0.3) is 0 Å². The van der Waals surface area contributed by atoms with Gasteiger partial charge in [-0.15, -0.1) is 0 Å². The maximum absolute atomic E-state index is 12.5. The number of fused-ring (bicyclic) bond motifs is 1. The van der Waals surface area contributed by atoms with E-state index in [1.165, 1.54) is 22.3 Å². The van der Waals surface area contributed by atoms with Crippen molar-refractivity contribution in [1.82, 2.24) is 9.80 Å². The third-order valence-electron chi connectivity index (χ3n) is 7.04. The van der Waals surface area contributed by atoms with E-state index in [1.54, 1.807) is 4.90 Å². The molecule has 0 aliphatic heterocycles. The topological polar surface area (TPSA) is 42.0 Å². The molecule has 202 valence electrons. The van der Waals surface area contributed by atoms with Gasteiger partial charge in [-0.3, -0.25) is 4.90 Å². The molecule has 0 saturated carbocycles. The summed E-state index contributed by atoms with van der Waals surface area (Å²) in [6, 6.07) is 28.3. The summed E-state index contributed by atoms with van der Waals surface area (Å²) in [4.78, 5) is 16.8. The molecule has 5 heteroatoms. The van der Waals surface area contributed by atoms with E-state index in [-0.39, 0.29) is 6.09 Å². The molecule has 0 aromatic heterocycles. The molecule has 0 fully saturated rings. The summed E-state index contributed by atoms with van der Waals surface area (Å²) in [6.07, 6.45) is 2.82. The van der Waals surface area contributed by atoms with E-state index in [9.17, 15) is 4.79 Å². The van der Waals surface area contributed by atoms with Crippen LogP contribution in [0.3, 0.4) is 0 Å². The summed E-state index contributed by atoms with van der Waals surface area (Å²) in [5.41, 5.74) is 4.83. The van der Waals surface area contributed by atoms with Crippen LogP contribution >= 0.6 is 0 Å². The minimum Gasteiger partial charge on any atom is -0.491 e. The fourth-order valence-corrected chi connectivity index (χ4v) is 5.10. The second kappa shape index (κ2) is 13.0. The van der Waals surface area contributed by atoms with Crippen molar-refractivity contribution in [3.8, 4) is 5.75 Å². The fraction of sp³-hybridized carbons (Fsp3) is 0.424. The van der Waals surface area contributed by atoms with Crippen molar-refractivity contribution in [3.63, 3.8) is 0 Å². The Kier molecular flexibility index (Phi) is 9.46. The first-order chi connectivity index (χ1) is 18.3. The van der Waals surface area contributed by atoms with Gasteiger partial charge in [-0.2, -0.15) is 0 Å². The summed E-state index contributed by atoms with van der Waals surface area (Å²) < 4.78 is 11.9. The van der Waals surface area contributed by atoms with E-state index in [0.717, 1.165) is 38.1 Å². The monoisotopic (exact) mass is 514 g/mol. The van der Waals surface area contributed by atoms with Crippen LogP contribution < -0.4 is 4.74 Å². The minimum absolute atomic E-state index is 0.295. The minimum atomic E-state index is -0.510. The number of ether oxygens (including phenoxy) is 2. The molecular weight excluding hydrogens is 472 g/mol. The fourth-order valence-electron chi connectivity index (χ4n) is 5.10. The lowest BCUT2D eigenvalue weighted by Gasteiger charge is -2.36. The lowest BCUT2D eigenvalue weighted by molar-refractivity contribution is 0.0237. The van der Waals surface area contributed by atoms with E-state index >= 15 is 0 Å². The third kappa shape index (κ3) is 7.84. The molecule has 1 amide bonds. The standard InChI is InChI=1S/C33H42N2O3/c1-5-34(32(36)38-33(2,3)4)21-22-37-31-18-12-17-28-19-20-29(23-30(28)31)35(24-26-13-8-6-9-14-26)25-27-15-10-7-11-16-27/h6-18,29H,5,19-25H2,1-4H3/t29-/m1/s1. The van der Waals surface area contributed by atoms with Gasteiger partial charge in [0.15, 0.2) is 0 Å². The molecular formula is C33H42N2O3. The number of benzene rings is 3. The number of likely N-dealkylation sites (N-methyl/N-ethyl adjacent to an activating group) is 1. The van der Waals surface area contributed by atoms with Gasteiger partial charge in [0.1, 0.15) is 18.0 Å². The molecule has 38 heavy (non-hydrogen) atoms. The van der Waals surface area contributed by atoms with Crippen LogP contribution in [-0.4, -0.2) is 47.2 Å². The Morgan fingerprint density at radius 3 is 2.11 bits per heavy atom. The van der Waals surface area contributed by atoms with Crippen LogP contribution in [0, 0.1) is 0 Å². The first-order valence-corrected chi connectivity index (χ1v) is 13.9. The summed E-state index contributed by atoms with van der Waals surface area (Å²) in [5, 5.41) is 0. The highest BCUT2D eigenvalue weighted by Gasteiger charge is 2.27. The zero-order valence-electron chi connectivity index (χ0n) is 23.4. The van der Waals surface area contributed by atoms with Gasteiger partial charge in [-0.05, 0) is 75.3 Å². The van der Waals surface area contributed by atoms with Crippen LogP contribution in [-0.2, 0) is 30.7 Å². The van der Waals surface area contributed by atoms with Crippen molar-refractivity contribution in [3.05, 3.63) is 101 Å². The van der Waals surface area contributed by atoms with Crippen molar-refractivity contribution in [1.29, 1.82) is 0 Å². The molecule has 5 nitrogen and oxygen atoms in total. The highest BCUT2D eigenvalue weighted by Crippen LogP contribution is 2.33. The molecule has 0 heterocycles. The number of aryl methyl sites for hydroxylation is 1. The first kappa shape index (κ1) is 27.7. The quantitative estimate of drug-likeness (QED) is 0.296. The molecule has 1 aliphatic rings. The maximum Gasteiger partial charge on any atom is 0.410 e. The molecule has 0 N–H and O–H groups in total. The predicted molar refractivity (Wildman–Crippen MR) is 153 cm³/mol. The first-order valence-electron chi connectivity index (χ1n) is 13.9. The maximum atomic E-state index is 12.5. The van der Waals surface area contributed by atoms with E-state index < -0.39 is 5.60 Å². The van der Waals surface area contributed by atoms with Gasteiger partial charge in [-0.25, -0.2) is 4.79 Å². The van der Waals surface area contributed by atoms with Gasteiger partial charge in [0.05, 0.1) is 6.54 Å². The van der Waals surface area contributed by atoms with Crippen LogP contribution in [0.4, 0.5) is 4.79 Å². The van der Waals surface area contributed by atoms with E-state index in [2.05, 4.69) is 83.8 Å². The molecule has 0 radical (unpaired) electrons. The molecule has 4 rings (SSSR count). The summed E-state index contributed by atoms with van der Waals surface area (Å²) >= 11 is 0. The Bertz CT molecular complexity index is 1120. The largest absolute Gasteiger partial charge is 0.491 e. The van der Waals surface area contributed by atoms with Gasteiger partial charge in [0.2, 0.25) is 0 Å². The zero-order chi connectivity index (χ0) is 27.0. The van der Waals surface area contributed by atoms with Crippen LogP contribution in [0.15, 0.2) is 78.9 Å². The Labute approximate surface area is 228 Å². The third-order valence-corrected chi connectivity index (χ3v) is 7.04. The predicted octanol–water partition coefficient (Wildman–Crippen LogP) is 6.88. The van der Waals surface area contributed by atoms with E-state index in [1.807, 2.05) is 27.7 Å². The van der Waals surface area contributed by atoms with Gasteiger partial charge >= 0.3 is 6.09 Å². The molecule has 3 aromatic rings. The number of carbonyl (C=O) groups is 1. The highest BCUT2D eigenvalue weighted by molar-refractivity contribution is 5.68. The SMILES string of the molecule is CCN(CCOc1cccc2c1C[C@H](N(Cc1ccccc1)Cc1ccccc1)CC2)C(=O)OC(C)(C)C. The van der Waals surface area contributed by atoms with E-state index in [0.29, 0.717) is 25.7 Å². The van der Waals surface area contributed by atoms with Crippen LogP contribution in [0.2, 0.25) is 0 Å². The van der Waals surface area contributed by atoms with Gasteiger partial charge < -0.3 is 14.4 Å². The summed E-state index contributed by atoms with van der Waals surface area (Å²) in [6.45, 7) is 11.0. The molecule has 3 aromatic carbocycles. The molecule has 0 bridgehead atoms. The molecule has 1 atom stereocenters. The average Bonchev–Trinajstić information content (AvgIpc) is 2.91. The molecule has 1 aliphatic carbocycles. The van der Waals surface area contributed by atoms with Gasteiger partial charge in [-0.1, -0.05) is 72.8 Å². The van der Waals surface area contributed by atoms with Crippen molar-refractivity contribution >= 4 is 6.09 Å². The Hall–Kier alpha value is -3.31. The lowest BCUT2D eigenvalue weighted by atomic mass is 9.86. The van der Waals surface area contributed by atoms with E-state index in [4.69, 9.17) is 9.47 Å². The van der Waals surface area contributed by atoms with Gasteiger partial charge in [0.25, 0.3) is 0 Å². The van der Waals surface area contributed by atoms with Crippen molar-refractivity contribution in [2.75, 3.05) is 19.7 Å². The molecule has 0 unspecified atom stereocenters. The number of carbonyl (C=O) groups excluding carboxylic acids is 1. The number of rotatable bonds is 10. The summed E-state index contributed by atoms with van der Waals surface area (Å²) in [7, 11) is 0. The number of nitrogens with zero attached hydrogens (tertiary/aromatic N) is 2. The Balaban J connectivity index is 1.46. The Morgan fingerprint density at radius 1 is 0.895 bits per heavy atom.